The van der Waals surface area contributed by atoms with Gasteiger partial charge in [-0.25, -0.2) is 12.7 Å². The predicted molar refractivity (Wildman–Crippen MR) is 102 cm³/mol. The zero-order chi connectivity index (χ0) is 18.7. The van der Waals surface area contributed by atoms with E-state index < -0.39 is 16.1 Å². The molecule has 1 aliphatic carbocycles. The maximum atomic E-state index is 12.1. The lowest BCUT2D eigenvalue weighted by atomic mass is 10.1. The third kappa shape index (κ3) is 4.76. The van der Waals surface area contributed by atoms with Gasteiger partial charge in [-0.1, -0.05) is 18.2 Å². The molecule has 0 bridgehead atoms. The highest BCUT2D eigenvalue weighted by molar-refractivity contribution is 7.89. The van der Waals surface area contributed by atoms with Gasteiger partial charge in [0.1, 0.15) is 5.75 Å². The summed E-state index contributed by atoms with van der Waals surface area (Å²) in [5, 5.41) is 10.3. The van der Waals surface area contributed by atoms with Crippen molar-refractivity contribution >= 4 is 10.0 Å². The Morgan fingerprint density at radius 2 is 1.88 bits per heavy atom. The van der Waals surface area contributed by atoms with Crippen LogP contribution in [-0.4, -0.2) is 67.9 Å². The maximum absolute atomic E-state index is 12.1. The topological polar surface area (TPSA) is 70.1 Å². The molecule has 1 N–H and O–H groups in total. The summed E-state index contributed by atoms with van der Waals surface area (Å²) < 4.78 is 31.7. The van der Waals surface area contributed by atoms with Crippen molar-refractivity contribution in [1.29, 1.82) is 0 Å². The van der Waals surface area contributed by atoms with E-state index in [1.807, 2.05) is 18.2 Å². The van der Waals surface area contributed by atoms with Gasteiger partial charge in [0.25, 0.3) is 0 Å². The van der Waals surface area contributed by atoms with E-state index in [9.17, 15) is 13.5 Å². The molecule has 2 unspecified atom stereocenters. The summed E-state index contributed by atoms with van der Waals surface area (Å²) in [6.45, 7) is 1.73. The summed E-state index contributed by atoms with van der Waals surface area (Å²) in [7, 11) is -0.247. The van der Waals surface area contributed by atoms with Gasteiger partial charge in [-0.2, -0.15) is 0 Å². The molecule has 2 aliphatic rings. The molecule has 1 aromatic rings. The average Bonchev–Trinajstić information content (AvgIpc) is 3.19. The van der Waals surface area contributed by atoms with Crippen molar-refractivity contribution in [2.45, 2.75) is 44.4 Å². The number of rotatable bonds is 7. The Balaban J connectivity index is 1.63. The molecular weight excluding hydrogens is 352 g/mol. The van der Waals surface area contributed by atoms with Gasteiger partial charge in [-0.05, 0) is 31.7 Å². The highest BCUT2D eigenvalue weighted by Gasteiger charge is 2.35. The summed E-state index contributed by atoms with van der Waals surface area (Å²) in [5.41, 5.74) is 1.10. The van der Waals surface area contributed by atoms with E-state index in [0.29, 0.717) is 25.7 Å². The van der Waals surface area contributed by atoms with E-state index in [-0.39, 0.29) is 11.7 Å². The van der Waals surface area contributed by atoms with Crippen LogP contribution in [0.15, 0.2) is 24.3 Å². The van der Waals surface area contributed by atoms with Crippen LogP contribution < -0.4 is 4.74 Å². The molecule has 6 nitrogen and oxygen atoms in total. The summed E-state index contributed by atoms with van der Waals surface area (Å²) in [6.07, 6.45) is 4.37. The van der Waals surface area contributed by atoms with Gasteiger partial charge < -0.3 is 9.84 Å². The van der Waals surface area contributed by atoms with Crippen LogP contribution in [0.2, 0.25) is 0 Å². The third-order valence-electron chi connectivity index (χ3n) is 5.43. The van der Waals surface area contributed by atoms with Crippen LogP contribution in [0, 0.1) is 5.92 Å². The molecule has 2 atom stereocenters. The number of β-amino-alcohol motifs (C(OH)–C–C–N with tert-alkyl or cyclic N) is 1. The molecular formula is C19H30N2O4S. The van der Waals surface area contributed by atoms with Gasteiger partial charge in [0.15, 0.2) is 0 Å². The first kappa shape index (κ1) is 19.6. The van der Waals surface area contributed by atoms with Crippen molar-refractivity contribution in [1.82, 2.24) is 9.21 Å². The first-order chi connectivity index (χ1) is 12.3. The second-order valence-corrected chi connectivity index (χ2v) is 9.94. The largest absolute Gasteiger partial charge is 0.490 e. The van der Waals surface area contributed by atoms with Crippen molar-refractivity contribution in [2.75, 3.05) is 32.9 Å². The molecule has 1 aliphatic heterocycles. The fourth-order valence-electron chi connectivity index (χ4n) is 3.83. The van der Waals surface area contributed by atoms with E-state index >= 15 is 0 Å². The Bertz CT molecular complexity index is 701. The van der Waals surface area contributed by atoms with E-state index in [4.69, 9.17) is 4.74 Å². The molecule has 146 valence electrons. The van der Waals surface area contributed by atoms with Gasteiger partial charge in [0, 0.05) is 45.2 Å². The lowest BCUT2D eigenvalue weighted by molar-refractivity contribution is 0.147. The number of para-hydroxylation sites is 1. The minimum absolute atomic E-state index is 0.0160. The van der Waals surface area contributed by atoms with E-state index in [1.165, 1.54) is 31.2 Å². The zero-order valence-corrected chi connectivity index (χ0v) is 16.5. The number of ether oxygens (including phenoxy) is 1. The standard InChI is InChI=1S/C19H30N2O4S/c1-20(2)26(23,24)14-16-12-21(13-18(16)22)11-15-7-3-6-10-19(15)25-17-8-4-5-9-17/h3,6-7,10,16-18,22H,4-5,8-9,11-14H2,1-2H3. The van der Waals surface area contributed by atoms with E-state index in [1.54, 1.807) is 0 Å². The first-order valence-electron chi connectivity index (χ1n) is 9.40. The number of hydrogen-bond donors (Lipinski definition) is 1. The van der Waals surface area contributed by atoms with Gasteiger partial charge in [-0.15, -0.1) is 0 Å². The molecule has 3 rings (SSSR count). The molecule has 0 radical (unpaired) electrons. The number of nitrogens with zero attached hydrogens (tertiary/aromatic N) is 2. The second kappa shape index (κ2) is 8.25. The minimum Gasteiger partial charge on any atom is -0.490 e. The number of aliphatic hydroxyl groups is 1. The Morgan fingerprint density at radius 3 is 2.58 bits per heavy atom. The molecule has 1 saturated heterocycles. The fourth-order valence-corrected chi connectivity index (χ4v) is 5.00. The van der Waals surface area contributed by atoms with Crippen molar-refractivity contribution in [3.63, 3.8) is 0 Å². The van der Waals surface area contributed by atoms with Crippen LogP contribution in [-0.2, 0) is 16.6 Å². The van der Waals surface area contributed by atoms with E-state index in [0.717, 1.165) is 24.2 Å². The number of aliphatic hydroxyl groups excluding tert-OH is 1. The number of benzene rings is 1. The lowest BCUT2D eigenvalue weighted by Crippen LogP contribution is -2.33. The monoisotopic (exact) mass is 382 g/mol. The van der Waals surface area contributed by atoms with Crippen LogP contribution in [0.4, 0.5) is 0 Å². The van der Waals surface area contributed by atoms with Crippen molar-refractivity contribution in [3.05, 3.63) is 29.8 Å². The summed E-state index contributed by atoms with van der Waals surface area (Å²) in [4.78, 5) is 2.12. The number of likely N-dealkylation sites (tertiary alicyclic amines) is 1. The van der Waals surface area contributed by atoms with Crippen LogP contribution >= 0.6 is 0 Å². The molecule has 2 fully saturated rings. The molecule has 1 saturated carbocycles. The van der Waals surface area contributed by atoms with Crippen LogP contribution in [0.5, 0.6) is 5.75 Å². The number of hydrogen-bond acceptors (Lipinski definition) is 5. The van der Waals surface area contributed by atoms with E-state index in [2.05, 4.69) is 11.0 Å². The molecule has 0 spiro atoms. The number of sulfonamides is 1. The Labute approximate surface area is 156 Å². The second-order valence-electron chi connectivity index (χ2n) is 7.71. The lowest BCUT2D eigenvalue weighted by Gasteiger charge is -2.21. The summed E-state index contributed by atoms with van der Waals surface area (Å²) in [6, 6.07) is 8.05. The average molecular weight is 383 g/mol. The van der Waals surface area contributed by atoms with Gasteiger partial charge in [0.2, 0.25) is 10.0 Å². The van der Waals surface area contributed by atoms with Crippen molar-refractivity contribution in [3.8, 4) is 5.75 Å². The first-order valence-corrected chi connectivity index (χ1v) is 11.0. The van der Waals surface area contributed by atoms with Gasteiger partial charge >= 0.3 is 0 Å². The highest BCUT2D eigenvalue weighted by Crippen LogP contribution is 2.29. The minimum atomic E-state index is -3.31. The smallest absolute Gasteiger partial charge is 0.214 e. The summed E-state index contributed by atoms with van der Waals surface area (Å²) in [5.74, 6) is 0.640. The Morgan fingerprint density at radius 1 is 1.19 bits per heavy atom. The molecule has 7 heteroatoms. The molecule has 26 heavy (non-hydrogen) atoms. The molecule has 0 aromatic heterocycles. The highest BCUT2D eigenvalue weighted by atomic mass is 32.2. The fraction of sp³-hybridized carbons (Fsp3) is 0.684. The van der Waals surface area contributed by atoms with Crippen LogP contribution in [0.3, 0.4) is 0 Å². The SMILES string of the molecule is CN(C)S(=O)(=O)CC1CN(Cc2ccccc2OC2CCCC2)CC1O. The van der Waals surface area contributed by atoms with Crippen molar-refractivity contribution in [2.24, 2.45) is 5.92 Å². The summed E-state index contributed by atoms with van der Waals surface area (Å²) >= 11 is 0. The predicted octanol–water partition coefficient (Wildman–Crippen LogP) is 1.69. The Kier molecular flexibility index (Phi) is 6.22. The van der Waals surface area contributed by atoms with Crippen molar-refractivity contribution < 1.29 is 18.3 Å². The molecule has 1 aromatic carbocycles. The molecule has 1 heterocycles. The normalized spacial score (nSPS) is 25.2. The van der Waals surface area contributed by atoms with Crippen LogP contribution in [0.1, 0.15) is 31.2 Å². The van der Waals surface area contributed by atoms with Gasteiger partial charge in [0.05, 0.1) is 18.0 Å². The zero-order valence-electron chi connectivity index (χ0n) is 15.7. The quantitative estimate of drug-likeness (QED) is 0.777. The van der Waals surface area contributed by atoms with Crippen LogP contribution in [0.25, 0.3) is 0 Å². The molecule has 0 amide bonds. The van der Waals surface area contributed by atoms with Gasteiger partial charge in [-0.3, -0.25) is 4.90 Å². The Hall–Kier alpha value is -1.15. The maximum Gasteiger partial charge on any atom is 0.214 e. The third-order valence-corrected chi connectivity index (χ3v) is 7.39.